The molecule has 1 N–H and O–H groups in total. The number of methoxy groups -OCH3 is 1. The Morgan fingerprint density at radius 1 is 1.32 bits per heavy atom. The van der Waals surface area contributed by atoms with E-state index in [9.17, 15) is 18.0 Å². The quantitative estimate of drug-likeness (QED) is 0.758. The summed E-state index contributed by atoms with van der Waals surface area (Å²) in [6.45, 7) is 0. The molecule has 3 aromatic rings. The summed E-state index contributed by atoms with van der Waals surface area (Å²) >= 11 is 5.87. The number of carboxylic acids is 1. The van der Waals surface area contributed by atoms with Gasteiger partial charge in [0.05, 0.1) is 12.8 Å². The number of carboxylic acid groups (broad SMARTS) is 1. The van der Waals surface area contributed by atoms with Crippen molar-refractivity contribution in [1.29, 1.82) is 0 Å². The molecule has 6 nitrogen and oxygen atoms in total. The molecule has 0 unspecified atom stereocenters. The maximum absolute atomic E-state index is 13.4. The highest BCUT2D eigenvalue weighted by Gasteiger charge is 2.36. The molecule has 0 atom stereocenters. The third kappa shape index (κ3) is 2.98. The lowest BCUT2D eigenvalue weighted by molar-refractivity contribution is -0.142. The van der Waals surface area contributed by atoms with Gasteiger partial charge in [0, 0.05) is 5.56 Å². The number of aromatic carboxylic acids is 1. The Labute approximate surface area is 143 Å². The maximum atomic E-state index is 13.4. The van der Waals surface area contributed by atoms with Gasteiger partial charge in [-0.2, -0.15) is 18.3 Å². The van der Waals surface area contributed by atoms with Crippen molar-refractivity contribution in [3.05, 3.63) is 46.7 Å². The van der Waals surface area contributed by atoms with Gasteiger partial charge in [-0.25, -0.2) is 14.3 Å². The number of nitrogens with zero attached hydrogens (tertiary/aromatic N) is 3. The fourth-order valence-corrected chi connectivity index (χ4v) is 2.50. The van der Waals surface area contributed by atoms with Gasteiger partial charge in [-0.15, -0.1) is 0 Å². The second kappa shape index (κ2) is 5.92. The molecular formula is C15H9ClF3N3O3. The summed E-state index contributed by atoms with van der Waals surface area (Å²) < 4.78 is 45.6. The minimum absolute atomic E-state index is 0.0440. The first kappa shape index (κ1) is 17.0. The molecule has 1 aromatic carbocycles. The van der Waals surface area contributed by atoms with E-state index in [2.05, 4.69) is 10.1 Å². The summed E-state index contributed by atoms with van der Waals surface area (Å²) in [5.41, 5.74) is -1.99. The second-order valence-corrected chi connectivity index (χ2v) is 5.34. The van der Waals surface area contributed by atoms with Crippen LogP contribution in [0.25, 0.3) is 16.9 Å². The zero-order valence-corrected chi connectivity index (χ0v) is 13.3. The van der Waals surface area contributed by atoms with Crippen molar-refractivity contribution >= 4 is 23.2 Å². The summed E-state index contributed by atoms with van der Waals surface area (Å²) in [6.07, 6.45) is -4.79. The Morgan fingerprint density at radius 3 is 2.64 bits per heavy atom. The number of rotatable bonds is 3. The van der Waals surface area contributed by atoms with E-state index in [1.165, 1.54) is 13.2 Å². The SMILES string of the molecule is COc1cccc(-c2cc(C(F)(F)F)n3nc(C(=O)O)c(Cl)c3n2)c1. The predicted octanol–water partition coefficient (Wildman–Crippen LogP) is 3.78. The van der Waals surface area contributed by atoms with E-state index < -0.39 is 34.2 Å². The van der Waals surface area contributed by atoms with Crippen LogP contribution in [0.2, 0.25) is 5.02 Å². The first-order valence-electron chi connectivity index (χ1n) is 6.76. The standard InChI is InChI=1S/C15H9ClF3N3O3/c1-25-8-4-2-3-7(5-8)9-6-10(15(17,18)19)22-13(20-9)11(16)12(21-22)14(23)24/h2-6H,1H3,(H,23,24). The van der Waals surface area contributed by atoms with E-state index >= 15 is 0 Å². The number of carbonyl (C=O) groups is 1. The zero-order chi connectivity index (χ0) is 18.4. The minimum atomic E-state index is -4.79. The van der Waals surface area contributed by atoms with Crippen molar-refractivity contribution in [3.8, 4) is 17.0 Å². The van der Waals surface area contributed by atoms with Crippen LogP contribution in [0.4, 0.5) is 13.2 Å². The molecule has 0 amide bonds. The number of alkyl halides is 3. The maximum Gasteiger partial charge on any atom is 0.433 e. The number of benzene rings is 1. The van der Waals surface area contributed by atoms with Crippen LogP contribution in [0.1, 0.15) is 16.2 Å². The van der Waals surface area contributed by atoms with Gasteiger partial charge < -0.3 is 9.84 Å². The Kier molecular flexibility index (Phi) is 4.03. The smallest absolute Gasteiger partial charge is 0.433 e. The lowest BCUT2D eigenvalue weighted by Gasteiger charge is -2.11. The topological polar surface area (TPSA) is 76.7 Å². The van der Waals surface area contributed by atoms with Gasteiger partial charge in [-0.1, -0.05) is 23.7 Å². The molecule has 0 bridgehead atoms. The molecule has 10 heteroatoms. The van der Waals surface area contributed by atoms with Crippen molar-refractivity contribution in [2.75, 3.05) is 7.11 Å². The van der Waals surface area contributed by atoms with Crippen molar-refractivity contribution in [3.63, 3.8) is 0 Å². The molecule has 130 valence electrons. The Hall–Kier alpha value is -2.81. The molecule has 25 heavy (non-hydrogen) atoms. The molecule has 0 spiro atoms. The predicted molar refractivity (Wildman–Crippen MR) is 81.9 cm³/mol. The molecule has 2 heterocycles. The lowest BCUT2D eigenvalue weighted by Crippen LogP contribution is -2.14. The molecule has 3 rings (SSSR count). The molecule has 2 aromatic heterocycles. The van der Waals surface area contributed by atoms with Crippen LogP contribution < -0.4 is 4.74 Å². The summed E-state index contributed by atoms with van der Waals surface area (Å²) in [4.78, 5) is 15.2. The minimum Gasteiger partial charge on any atom is -0.497 e. The normalized spacial score (nSPS) is 11.7. The number of aromatic nitrogens is 3. The van der Waals surface area contributed by atoms with Crippen molar-refractivity contribution in [2.45, 2.75) is 6.18 Å². The fraction of sp³-hybridized carbons (Fsp3) is 0.133. The average molecular weight is 372 g/mol. The van der Waals surface area contributed by atoms with Crippen LogP contribution in [0.5, 0.6) is 5.75 Å². The number of hydrogen-bond donors (Lipinski definition) is 1. The number of halogens is 4. The Bertz CT molecular complexity index is 985. The monoisotopic (exact) mass is 371 g/mol. The van der Waals surface area contributed by atoms with Crippen molar-refractivity contribution in [1.82, 2.24) is 14.6 Å². The molecular weight excluding hydrogens is 363 g/mol. The summed E-state index contributed by atoms with van der Waals surface area (Å²) in [7, 11) is 1.42. The summed E-state index contributed by atoms with van der Waals surface area (Å²) in [5.74, 6) is -1.12. The third-order valence-electron chi connectivity index (χ3n) is 3.39. The number of ether oxygens (including phenoxy) is 1. The largest absolute Gasteiger partial charge is 0.497 e. The highest BCUT2D eigenvalue weighted by atomic mass is 35.5. The first-order valence-corrected chi connectivity index (χ1v) is 7.14. The summed E-state index contributed by atoms with van der Waals surface area (Å²) in [6, 6.07) is 7.04. The van der Waals surface area contributed by atoms with Gasteiger partial charge >= 0.3 is 12.1 Å². The van der Waals surface area contributed by atoms with Crippen LogP contribution in [0.3, 0.4) is 0 Å². The molecule has 0 fully saturated rings. The van der Waals surface area contributed by atoms with E-state index in [1.807, 2.05) is 0 Å². The molecule has 0 saturated carbocycles. The van der Waals surface area contributed by atoms with E-state index in [1.54, 1.807) is 18.2 Å². The van der Waals surface area contributed by atoms with Crippen LogP contribution >= 0.6 is 11.6 Å². The van der Waals surface area contributed by atoms with Crippen molar-refractivity contribution in [2.24, 2.45) is 0 Å². The second-order valence-electron chi connectivity index (χ2n) is 4.96. The highest BCUT2D eigenvalue weighted by Crippen LogP contribution is 2.35. The average Bonchev–Trinajstić information content (AvgIpc) is 2.90. The number of fused-ring (bicyclic) bond motifs is 1. The van der Waals surface area contributed by atoms with E-state index in [4.69, 9.17) is 21.4 Å². The van der Waals surface area contributed by atoms with E-state index in [0.29, 0.717) is 15.8 Å². The Morgan fingerprint density at radius 2 is 2.04 bits per heavy atom. The first-order chi connectivity index (χ1) is 11.7. The van der Waals surface area contributed by atoms with Gasteiger partial charge in [0.15, 0.2) is 17.0 Å². The molecule has 0 saturated heterocycles. The molecule has 0 aliphatic rings. The zero-order valence-electron chi connectivity index (χ0n) is 12.5. The van der Waals surface area contributed by atoms with Gasteiger partial charge in [-0.05, 0) is 18.2 Å². The van der Waals surface area contributed by atoms with Crippen LogP contribution in [0, 0.1) is 0 Å². The fourth-order valence-electron chi connectivity index (χ4n) is 2.26. The van der Waals surface area contributed by atoms with Crippen LogP contribution in [-0.2, 0) is 6.18 Å². The molecule has 0 aliphatic heterocycles. The van der Waals surface area contributed by atoms with Gasteiger partial charge in [0.25, 0.3) is 0 Å². The third-order valence-corrected chi connectivity index (χ3v) is 3.74. The van der Waals surface area contributed by atoms with E-state index in [-0.39, 0.29) is 5.69 Å². The van der Waals surface area contributed by atoms with Gasteiger partial charge in [-0.3, -0.25) is 0 Å². The van der Waals surface area contributed by atoms with Gasteiger partial charge in [0.2, 0.25) is 0 Å². The Balaban J connectivity index is 2.34. The lowest BCUT2D eigenvalue weighted by atomic mass is 10.1. The highest BCUT2D eigenvalue weighted by molar-refractivity contribution is 6.36. The molecule has 0 radical (unpaired) electrons. The van der Waals surface area contributed by atoms with E-state index in [0.717, 1.165) is 6.07 Å². The number of hydrogen-bond acceptors (Lipinski definition) is 4. The van der Waals surface area contributed by atoms with Crippen molar-refractivity contribution < 1.29 is 27.8 Å². The summed E-state index contributed by atoms with van der Waals surface area (Å²) in [5, 5.41) is 12.0. The van der Waals surface area contributed by atoms with Gasteiger partial charge in [0.1, 0.15) is 10.8 Å². The van der Waals surface area contributed by atoms with Crippen LogP contribution in [0.15, 0.2) is 30.3 Å². The van der Waals surface area contributed by atoms with Crippen LogP contribution in [-0.4, -0.2) is 32.8 Å². The molecule has 0 aliphatic carbocycles.